The van der Waals surface area contributed by atoms with Gasteiger partial charge in [0.05, 0.1) is 16.8 Å². The summed E-state index contributed by atoms with van der Waals surface area (Å²) in [6, 6.07) is 0. The van der Waals surface area contributed by atoms with Crippen molar-refractivity contribution in [3.05, 3.63) is 16.1 Å². The summed E-state index contributed by atoms with van der Waals surface area (Å²) in [5, 5.41) is 12.9. The Bertz CT molecular complexity index is 338. The number of nitrogens with zero attached hydrogens (tertiary/aromatic N) is 2. The number of likely N-dealkylation sites (tertiary alicyclic amines) is 1. The van der Waals surface area contributed by atoms with Crippen LogP contribution in [0.2, 0.25) is 0 Å². The molecule has 2 rings (SSSR count). The lowest BCUT2D eigenvalue weighted by Crippen LogP contribution is -2.24. The van der Waals surface area contributed by atoms with E-state index >= 15 is 0 Å². The predicted octanol–water partition coefficient (Wildman–Crippen LogP) is 1.91. The van der Waals surface area contributed by atoms with E-state index in [0.717, 1.165) is 32.5 Å². The van der Waals surface area contributed by atoms with E-state index in [-0.39, 0.29) is 6.10 Å². The second-order valence-electron chi connectivity index (χ2n) is 4.61. The maximum atomic E-state index is 9.54. The highest BCUT2D eigenvalue weighted by molar-refractivity contribution is 7.09. The summed E-state index contributed by atoms with van der Waals surface area (Å²) in [7, 11) is 0. The fourth-order valence-corrected chi connectivity index (χ4v) is 2.95. The average molecular weight is 240 g/mol. The molecular weight excluding hydrogens is 220 g/mol. The molecule has 1 aliphatic rings. The Kier molecular flexibility index (Phi) is 3.95. The molecule has 2 unspecified atom stereocenters. The predicted molar refractivity (Wildman–Crippen MR) is 66.6 cm³/mol. The lowest BCUT2D eigenvalue weighted by molar-refractivity contribution is 0.127. The third-order valence-electron chi connectivity index (χ3n) is 3.28. The lowest BCUT2D eigenvalue weighted by Gasteiger charge is -2.16. The molecule has 3 nitrogen and oxygen atoms in total. The van der Waals surface area contributed by atoms with Gasteiger partial charge >= 0.3 is 0 Å². The van der Waals surface area contributed by atoms with Crippen LogP contribution in [-0.4, -0.2) is 34.2 Å². The Morgan fingerprint density at radius 1 is 1.69 bits per heavy atom. The normalized spacial score (nSPS) is 23.8. The van der Waals surface area contributed by atoms with Gasteiger partial charge in [-0.15, -0.1) is 11.3 Å². The second kappa shape index (κ2) is 5.25. The van der Waals surface area contributed by atoms with Gasteiger partial charge in [0.15, 0.2) is 0 Å². The Morgan fingerprint density at radius 2 is 2.50 bits per heavy atom. The third kappa shape index (κ3) is 2.81. The van der Waals surface area contributed by atoms with Crippen LogP contribution in [0.4, 0.5) is 0 Å². The minimum atomic E-state index is -0.174. The number of aryl methyl sites for hydroxylation is 1. The third-order valence-corrected chi connectivity index (χ3v) is 4.32. The van der Waals surface area contributed by atoms with Crippen molar-refractivity contribution in [1.29, 1.82) is 0 Å². The first-order valence-electron chi connectivity index (χ1n) is 6.02. The Morgan fingerprint density at radius 3 is 3.06 bits per heavy atom. The number of hydrogen-bond donors (Lipinski definition) is 1. The van der Waals surface area contributed by atoms with Crippen LogP contribution in [0.25, 0.3) is 0 Å². The summed E-state index contributed by atoms with van der Waals surface area (Å²) < 4.78 is 0. The van der Waals surface area contributed by atoms with Gasteiger partial charge in [0.2, 0.25) is 0 Å². The molecule has 1 aromatic rings. The monoisotopic (exact) mass is 240 g/mol. The van der Waals surface area contributed by atoms with Crippen molar-refractivity contribution in [3.63, 3.8) is 0 Å². The van der Waals surface area contributed by atoms with Crippen molar-refractivity contribution in [2.24, 2.45) is 5.92 Å². The summed E-state index contributed by atoms with van der Waals surface area (Å²) in [5.41, 5.74) is 1.19. The zero-order chi connectivity index (χ0) is 11.5. The van der Waals surface area contributed by atoms with Crippen LogP contribution < -0.4 is 0 Å². The smallest absolute Gasteiger partial charge is 0.0926 e. The molecule has 1 fully saturated rings. The van der Waals surface area contributed by atoms with Crippen LogP contribution >= 0.6 is 11.3 Å². The number of aliphatic hydroxyl groups is 1. The van der Waals surface area contributed by atoms with Crippen molar-refractivity contribution < 1.29 is 5.11 Å². The maximum Gasteiger partial charge on any atom is 0.0926 e. The molecular formula is C12H20N2OS. The summed E-state index contributed by atoms with van der Waals surface area (Å²) >= 11 is 1.75. The van der Waals surface area contributed by atoms with Gasteiger partial charge in [-0.3, -0.25) is 4.90 Å². The van der Waals surface area contributed by atoms with Crippen LogP contribution in [0.1, 0.15) is 31.0 Å². The topological polar surface area (TPSA) is 36.4 Å². The summed E-state index contributed by atoms with van der Waals surface area (Å²) in [6.07, 6.45) is 1.97. The minimum absolute atomic E-state index is 0.174. The van der Waals surface area contributed by atoms with E-state index in [1.165, 1.54) is 10.7 Å². The maximum absolute atomic E-state index is 9.54. The number of aliphatic hydroxyl groups excluding tert-OH is 1. The molecule has 16 heavy (non-hydrogen) atoms. The van der Waals surface area contributed by atoms with Crippen LogP contribution in [0.5, 0.6) is 0 Å². The van der Waals surface area contributed by atoms with Crippen molar-refractivity contribution in [3.8, 4) is 0 Å². The molecule has 1 aromatic heterocycles. The molecule has 0 saturated carbocycles. The van der Waals surface area contributed by atoms with Gasteiger partial charge in [-0.05, 0) is 32.2 Å². The van der Waals surface area contributed by atoms with E-state index in [0.29, 0.717) is 5.92 Å². The molecule has 0 aromatic carbocycles. The second-order valence-corrected chi connectivity index (χ2v) is 5.55. The Labute approximate surface area is 101 Å². The molecule has 0 amide bonds. The van der Waals surface area contributed by atoms with E-state index in [2.05, 4.69) is 22.2 Å². The van der Waals surface area contributed by atoms with Gasteiger partial charge in [-0.25, -0.2) is 4.98 Å². The van der Waals surface area contributed by atoms with Crippen molar-refractivity contribution >= 4 is 11.3 Å². The molecule has 4 heteroatoms. The van der Waals surface area contributed by atoms with E-state index in [9.17, 15) is 5.11 Å². The highest BCUT2D eigenvalue weighted by Crippen LogP contribution is 2.22. The van der Waals surface area contributed by atoms with Crippen LogP contribution in [0.15, 0.2) is 5.38 Å². The van der Waals surface area contributed by atoms with Gasteiger partial charge in [0.1, 0.15) is 0 Å². The molecule has 0 bridgehead atoms. The van der Waals surface area contributed by atoms with Crippen LogP contribution in [-0.2, 0) is 13.0 Å². The lowest BCUT2D eigenvalue weighted by atomic mass is 10.0. The molecule has 1 N–H and O–H groups in total. The molecule has 0 radical (unpaired) electrons. The van der Waals surface area contributed by atoms with Crippen LogP contribution in [0.3, 0.4) is 0 Å². The van der Waals surface area contributed by atoms with Gasteiger partial charge in [-0.2, -0.15) is 0 Å². The SMILES string of the molecule is CCc1nc(CN2CCC(C(C)O)C2)cs1. The fourth-order valence-electron chi connectivity index (χ4n) is 2.21. The Hall–Kier alpha value is -0.450. The van der Waals surface area contributed by atoms with Gasteiger partial charge in [0, 0.05) is 18.5 Å². The summed E-state index contributed by atoms with van der Waals surface area (Å²) in [6.45, 7) is 7.08. The molecule has 90 valence electrons. The molecule has 0 spiro atoms. The first kappa shape index (κ1) is 12.0. The van der Waals surface area contributed by atoms with Crippen molar-refractivity contribution in [2.75, 3.05) is 13.1 Å². The fraction of sp³-hybridized carbons (Fsp3) is 0.750. The molecule has 2 atom stereocenters. The Balaban J connectivity index is 1.87. The molecule has 0 aliphatic carbocycles. The quantitative estimate of drug-likeness (QED) is 0.873. The largest absolute Gasteiger partial charge is 0.393 e. The van der Waals surface area contributed by atoms with Crippen molar-refractivity contribution in [1.82, 2.24) is 9.88 Å². The first-order valence-corrected chi connectivity index (χ1v) is 6.90. The number of rotatable bonds is 4. The zero-order valence-corrected chi connectivity index (χ0v) is 10.8. The number of hydrogen-bond acceptors (Lipinski definition) is 4. The molecule has 1 saturated heterocycles. The van der Waals surface area contributed by atoms with Gasteiger partial charge in [0.25, 0.3) is 0 Å². The molecule has 2 heterocycles. The van der Waals surface area contributed by atoms with E-state index in [1.807, 2.05) is 6.92 Å². The van der Waals surface area contributed by atoms with Gasteiger partial charge in [-0.1, -0.05) is 6.92 Å². The van der Waals surface area contributed by atoms with E-state index < -0.39 is 0 Å². The zero-order valence-electron chi connectivity index (χ0n) is 10.0. The summed E-state index contributed by atoms with van der Waals surface area (Å²) in [5.74, 6) is 0.448. The van der Waals surface area contributed by atoms with E-state index in [1.54, 1.807) is 11.3 Å². The standard InChI is InChI=1S/C12H20N2OS/c1-3-12-13-11(8-16-12)7-14-5-4-10(6-14)9(2)15/h8-10,15H,3-7H2,1-2H3. The van der Waals surface area contributed by atoms with E-state index in [4.69, 9.17) is 0 Å². The highest BCUT2D eigenvalue weighted by atomic mass is 32.1. The minimum Gasteiger partial charge on any atom is -0.393 e. The van der Waals surface area contributed by atoms with Crippen molar-refractivity contribution in [2.45, 2.75) is 39.3 Å². The molecule has 1 aliphatic heterocycles. The first-order chi connectivity index (χ1) is 7.69. The summed E-state index contributed by atoms with van der Waals surface area (Å²) in [4.78, 5) is 6.97. The number of thiazole rings is 1. The van der Waals surface area contributed by atoms with Gasteiger partial charge < -0.3 is 5.11 Å². The van der Waals surface area contributed by atoms with Crippen LogP contribution in [0, 0.1) is 5.92 Å². The number of aromatic nitrogens is 1. The highest BCUT2D eigenvalue weighted by Gasteiger charge is 2.26. The average Bonchev–Trinajstić information content (AvgIpc) is 2.87.